The van der Waals surface area contributed by atoms with Crippen LogP contribution in [-0.4, -0.2) is 42.7 Å². The molecule has 0 atom stereocenters. The van der Waals surface area contributed by atoms with Crippen LogP contribution in [0.15, 0.2) is 59.5 Å². The summed E-state index contributed by atoms with van der Waals surface area (Å²) in [5.74, 6) is 0.906. The number of amides is 1. The lowest BCUT2D eigenvalue weighted by Gasteiger charge is -2.36. The number of nitrogens with zero attached hydrogens (tertiary/aromatic N) is 2. The first-order chi connectivity index (χ1) is 12.2. The Balaban J connectivity index is 1.36. The molecular weight excluding hydrogens is 335 g/mol. The summed E-state index contributed by atoms with van der Waals surface area (Å²) in [5, 5.41) is 0. The lowest BCUT2D eigenvalue weighted by molar-refractivity contribution is -0.131. The third kappa shape index (κ3) is 5.23. The highest BCUT2D eigenvalue weighted by molar-refractivity contribution is 7.99. The Labute approximate surface area is 152 Å². The number of rotatable bonds is 6. The number of carbonyl (C=O) groups is 1. The van der Waals surface area contributed by atoms with Crippen molar-refractivity contribution in [2.45, 2.75) is 17.7 Å². The molecule has 0 unspecified atom stereocenters. The van der Waals surface area contributed by atoms with Crippen LogP contribution < -0.4 is 4.90 Å². The monoisotopic (exact) mass is 358 g/mol. The Kier molecular flexibility index (Phi) is 6.34. The van der Waals surface area contributed by atoms with Gasteiger partial charge < -0.3 is 9.80 Å². The van der Waals surface area contributed by atoms with Crippen molar-refractivity contribution in [2.24, 2.45) is 0 Å². The number of carbonyl (C=O) groups excluding carboxylic acids is 1. The minimum Gasteiger partial charge on any atom is -0.368 e. The summed E-state index contributed by atoms with van der Waals surface area (Å²) in [4.78, 5) is 17.7. The zero-order chi connectivity index (χ0) is 17.5. The zero-order valence-corrected chi connectivity index (χ0v) is 15.1. The molecule has 25 heavy (non-hydrogen) atoms. The topological polar surface area (TPSA) is 23.6 Å². The molecule has 1 heterocycles. The van der Waals surface area contributed by atoms with Crippen LogP contribution in [0.1, 0.15) is 12.8 Å². The van der Waals surface area contributed by atoms with E-state index in [0.717, 1.165) is 43.2 Å². The third-order valence-corrected chi connectivity index (χ3v) is 5.47. The summed E-state index contributed by atoms with van der Waals surface area (Å²) in [6.07, 6.45) is 1.43. The molecule has 0 bridgehead atoms. The highest BCUT2D eigenvalue weighted by Crippen LogP contribution is 2.20. The van der Waals surface area contributed by atoms with Gasteiger partial charge >= 0.3 is 0 Å². The molecule has 0 aliphatic carbocycles. The molecule has 2 aromatic rings. The van der Waals surface area contributed by atoms with E-state index in [4.69, 9.17) is 0 Å². The molecule has 1 aliphatic heterocycles. The molecule has 0 radical (unpaired) electrons. The van der Waals surface area contributed by atoms with Crippen molar-refractivity contribution in [2.75, 3.05) is 36.8 Å². The third-order valence-electron chi connectivity index (χ3n) is 4.37. The fourth-order valence-corrected chi connectivity index (χ4v) is 3.81. The Bertz CT molecular complexity index is 670. The molecule has 1 aliphatic rings. The minimum atomic E-state index is -0.214. The highest BCUT2D eigenvalue weighted by Gasteiger charge is 2.20. The van der Waals surface area contributed by atoms with E-state index in [1.54, 1.807) is 23.9 Å². The van der Waals surface area contributed by atoms with Crippen LogP contribution >= 0.6 is 11.8 Å². The van der Waals surface area contributed by atoms with Gasteiger partial charge in [0.1, 0.15) is 5.82 Å². The van der Waals surface area contributed by atoms with Gasteiger partial charge in [0.2, 0.25) is 5.91 Å². The number of hydrogen-bond acceptors (Lipinski definition) is 3. The van der Waals surface area contributed by atoms with Crippen molar-refractivity contribution in [3.8, 4) is 0 Å². The molecule has 0 saturated carbocycles. The van der Waals surface area contributed by atoms with Crippen LogP contribution in [-0.2, 0) is 4.79 Å². The number of anilines is 1. The molecule has 0 N–H and O–H groups in total. The van der Waals surface area contributed by atoms with E-state index < -0.39 is 0 Å². The predicted octanol–water partition coefficient (Wildman–Crippen LogP) is 4.05. The maximum atomic E-state index is 12.9. The van der Waals surface area contributed by atoms with Gasteiger partial charge in [-0.15, -0.1) is 11.8 Å². The molecule has 1 amide bonds. The van der Waals surface area contributed by atoms with Crippen LogP contribution in [0.25, 0.3) is 0 Å². The molecule has 3 nitrogen and oxygen atoms in total. The van der Waals surface area contributed by atoms with Crippen molar-refractivity contribution >= 4 is 23.4 Å². The molecule has 3 rings (SSSR count). The smallest absolute Gasteiger partial charge is 0.222 e. The first kappa shape index (κ1) is 17.8. The average Bonchev–Trinajstić information content (AvgIpc) is 2.67. The lowest BCUT2D eigenvalue weighted by atomic mass is 10.2. The first-order valence-electron chi connectivity index (χ1n) is 8.68. The van der Waals surface area contributed by atoms with Gasteiger partial charge in [0.25, 0.3) is 0 Å². The van der Waals surface area contributed by atoms with Crippen molar-refractivity contribution in [3.05, 3.63) is 60.4 Å². The summed E-state index contributed by atoms with van der Waals surface area (Å²) in [7, 11) is 0. The number of hydrogen-bond donors (Lipinski definition) is 0. The van der Waals surface area contributed by atoms with Crippen LogP contribution in [0.4, 0.5) is 10.1 Å². The Morgan fingerprint density at radius 2 is 1.64 bits per heavy atom. The van der Waals surface area contributed by atoms with Crippen LogP contribution in [0.3, 0.4) is 0 Å². The number of thioether (sulfide) groups is 1. The van der Waals surface area contributed by atoms with E-state index in [0.29, 0.717) is 6.42 Å². The maximum absolute atomic E-state index is 12.9. The Hall–Kier alpha value is -2.01. The standard InChI is InChI=1S/C20H23FN2OS/c21-17-8-10-19(11-9-17)25-16-4-7-20(24)23-14-12-22(13-15-23)18-5-2-1-3-6-18/h1-3,5-6,8-11H,4,7,12-16H2. The van der Waals surface area contributed by atoms with Crippen LogP contribution in [0.2, 0.25) is 0 Å². The first-order valence-corrected chi connectivity index (χ1v) is 9.67. The Morgan fingerprint density at radius 3 is 2.32 bits per heavy atom. The molecule has 1 fully saturated rings. The van der Waals surface area contributed by atoms with Crippen LogP contribution in [0.5, 0.6) is 0 Å². The van der Waals surface area contributed by atoms with Gasteiger partial charge in [-0.05, 0) is 48.6 Å². The predicted molar refractivity (Wildman–Crippen MR) is 102 cm³/mol. The van der Waals surface area contributed by atoms with Crippen LogP contribution in [0, 0.1) is 5.82 Å². The van der Waals surface area contributed by atoms with Gasteiger partial charge in [0, 0.05) is 43.2 Å². The number of halogens is 1. The van der Waals surface area contributed by atoms with Crippen molar-refractivity contribution in [1.82, 2.24) is 4.90 Å². The number of benzene rings is 2. The van der Waals surface area contributed by atoms with Gasteiger partial charge in [0.05, 0.1) is 0 Å². The van der Waals surface area contributed by atoms with Crippen molar-refractivity contribution < 1.29 is 9.18 Å². The van der Waals surface area contributed by atoms with Gasteiger partial charge in [-0.25, -0.2) is 4.39 Å². The van der Waals surface area contributed by atoms with E-state index in [-0.39, 0.29) is 11.7 Å². The van der Waals surface area contributed by atoms with E-state index in [9.17, 15) is 9.18 Å². The molecular formula is C20H23FN2OS. The fourth-order valence-electron chi connectivity index (χ4n) is 2.96. The van der Waals surface area contributed by atoms with Gasteiger partial charge in [0.15, 0.2) is 0 Å². The minimum absolute atomic E-state index is 0.214. The highest BCUT2D eigenvalue weighted by atomic mass is 32.2. The lowest BCUT2D eigenvalue weighted by Crippen LogP contribution is -2.48. The second-order valence-corrected chi connectivity index (χ2v) is 7.28. The van der Waals surface area contributed by atoms with Gasteiger partial charge in [-0.3, -0.25) is 4.79 Å². The molecule has 0 spiro atoms. The molecule has 5 heteroatoms. The molecule has 132 valence electrons. The number of para-hydroxylation sites is 1. The zero-order valence-electron chi connectivity index (χ0n) is 14.2. The maximum Gasteiger partial charge on any atom is 0.222 e. The summed E-state index contributed by atoms with van der Waals surface area (Å²) in [6.45, 7) is 3.36. The van der Waals surface area contributed by atoms with E-state index >= 15 is 0 Å². The van der Waals surface area contributed by atoms with Crippen molar-refractivity contribution in [1.29, 1.82) is 0 Å². The van der Waals surface area contributed by atoms with Gasteiger partial charge in [-0.2, -0.15) is 0 Å². The van der Waals surface area contributed by atoms with Gasteiger partial charge in [-0.1, -0.05) is 18.2 Å². The van der Waals surface area contributed by atoms with Crippen molar-refractivity contribution in [3.63, 3.8) is 0 Å². The second-order valence-electron chi connectivity index (χ2n) is 6.11. The molecule has 2 aromatic carbocycles. The van der Waals surface area contributed by atoms with E-state index in [1.807, 2.05) is 23.1 Å². The fraction of sp³-hybridized carbons (Fsp3) is 0.350. The largest absolute Gasteiger partial charge is 0.368 e. The molecule has 0 aromatic heterocycles. The quantitative estimate of drug-likeness (QED) is 0.575. The number of piperazine rings is 1. The Morgan fingerprint density at radius 1 is 0.960 bits per heavy atom. The van der Waals surface area contributed by atoms with E-state index in [1.165, 1.54) is 17.8 Å². The molecule has 1 saturated heterocycles. The SMILES string of the molecule is O=C(CCCSc1ccc(F)cc1)N1CCN(c2ccccc2)CC1. The normalized spacial score (nSPS) is 14.6. The summed E-state index contributed by atoms with van der Waals surface area (Å²) >= 11 is 1.67. The second kappa shape index (κ2) is 8.90. The summed E-state index contributed by atoms with van der Waals surface area (Å²) in [6, 6.07) is 16.9. The van der Waals surface area contributed by atoms with E-state index in [2.05, 4.69) is 17.0 Å². The average molecular weight is 358 g/mol. The summed E-state index contributed by atoms with van der Waals surface area (Å²) in [5.41, 5.74) is 1.23. The summed E-state index contributed by atoms with van der Waals surface area (Å²) < 4.78 is 12.9.